The maximum absolute atomic E-state index is 5.85. The van der Waals surface area contributed by atoms with Gasteiger partial charge in [0.25, 0.3) is 0 Å². The molecule has 0 saturated carbocycles. The third kappa shape index (κ3) is 2.26. The predicted molar refractivity (Wildman–Crippen MR) is 98.3 cm³/mol. The molecule has 2 heterocycles. The fourth-order valence-corrected chi connectivity index (χ4v) is 10.7. The van der Waals surface area contributed by atoms with Crippen molar-refractivity contribution < 1.29 is 4.74 Å². The van der Waals surface area contributed by atoms with Gasteiger partial charge in [0.2, 0.25) is 11.4 Å². The largest absolute Gasteiger partial charge is 0.480 e. The van der Waals surface area contributed by atoms with Gasteiger partial charge in [-0.15, -0.1) is 11.3 Å². The van der Waals surface area contributed by atoms with Crippen molar-refractivity contribution in [2.75, 3.05) is 23.7 Å². The first-order valence-corrected chi connectivity index (χ1v) is 13.0. The maximum Gasteiger partial charge on any atom is 0.225 e. The fraction of sp³-hybridized carbons (Fsp3) is 0.583. The quantitative estimate of drug-likeness (QED) is 0.559. The molecule has 0 radical (unpaired) electrons. The Hall–Kier alpha value is 0.320. The molecular weight excluding hydrogens is 347 g/mol. The van der Waals surface area contributed by atoms with E-state index in [4.69, 9.17) is 21.3 Å². The Morgan fingerprint density at radius 3 is 2.75 bits per heavy atom. The van der Waals surface area contributed by atoms with E-state index in [1.54, 1.807) is 30.4 Å². The van der Waals surface area contributed by atoms with Gasteiger partial charge in [0, 0.05) is 11.1 Å². The molecule has 0 fully saturated rings. The van der Waals surface area contributed by atoms with Gasteiger partial charge >= 0.3 is 0 Å². The van der Waals surface area contributed by atoms with E-state index >= 15 is 0 Å². The van der Waals surface area contributed by atoms with Crippen molar-refractivity contribution in [2.24, 2.45) is 4.76 Å². The average Bonchev–Trinajstić information content (AvgIpc) is 2.85. The number of hydrogen-bond acceptors (Lipinski definition) is 5. The molecule has 110 valence electrons. The topological polar surface area (TPSA) is 24.8 Å². The van der Waals surface area contributed by atoms with Crippen LogP contribution in [-0.2, 0) is 29.4 Å². The van der Waals surface area contributed by atoms with Crippen LogP contribution < -0.4 is 4.08 Å². The highest BCUT2D eigenvalue weighted by atomic mass is 32.9. The number of rotatable bonds is 2. The number of anilines is 1. The van der Waals surface area contributed by atoms with E-state index in [-0.39, 0.29) is 0 Å². The molecule has 0 saturated heterocycles. The lowest BCUT2D eigenvalue weighted by Crippen LogP contribution is -2.19. The monoisotopic (exact) mass is 364 g/mol. The number of fused-ring (bicyclic) bond motifs is 3. The van der Waals surface area contributed by atoms with Crippen LogP contribution in [0.5, 0.6) is 0 Å². The van der Waals surface area contributed by atoms with Crippen LogP contribution in [0.15, 0.2) is 4.76 Å². The lowest BCUT2D eigenvalue weighted by atomic mass is 9.95. The molecule has 1 aromatic heterocycles. The minimum Gasteiger partial charge on any atom is -0.480 e. The molecule has 1 aromatic rings. The van der Waals surface area contributed by atoms with Gasteiger partial charge in [0.05, 0.1) is 12.7 Å². The van der Waals surface area contributed by atoms with Crippen molar-refractivity contribution >= 4 is 62.9 Å². The van der Waals surface area contributed by atoms with Crippen LogP contribution in [0.3, 0.4) is 0 Å². The highest BCUT2D eigenvalue weighted by Crippen LogP contribution is 2.69. The molecule has 1 unspecified atom stereocenters. The van der Waals surface area contributed by atoms with Crippen LogP contribution >= 0.6 is 40.2 Å². The van der Waals surface area contributed by atoms with Crippen molar-refractivity contribution in [3.63, 3.8) is 0 Å². The highest BCUT2D eigenvalue weighted by Gasteiger charge is 2.38. The molecule has 0 bridgehead atoms. The third-order valence-corrected chi connectivity index (χ3v) is 13.3. The van der Waals surface area contributed by atoms with E-state index in [0.717, 1.165) is 12.3 Å². The molecule has 1 aliphatic heterocycles. The van der Waals surface area contributed by atoms with E-state index in [0.29, 0.717) is 0 Å². The predicted octanol–water partition coefficient (Wildman–Crippen LogP) is 4.71. The molecule has 3 rings (SSSR count). The number of aryl methyl sites for hydroxylation is 1. The minimum atomic E-state index is -2.00. The Balaban J connectivity index is 2.22. The van der Waals surface area contributed by atoms with Gasteiger partial charge in [0.15, 0.2) is 0 Å². The van der Waals surface area contributed by atoms with E-state index in [1.807, 2.05) is 11.3 Å². The molecule has 0 aromatic carbocycles. The molecular formula is C12H17N2OPS4. The normalized spacial score (nSPS) is 24.9. The van der Waals surface area contributed by atoms with Crippen molar-refractivity contribution in [1.82, 2.24) is 0 Å². The van der Waals surface area contributed by atoms with Gasteiger partial charge in [-0.25, -0.2) is 0 Å². The van der Waals surface area contributed by atoms with Crippen LogP contribution in [0.2, 0.25) is 0 Å². The summed E-state index contributed by atoms with van der Waals surface area (Å²) in [4.78, 5) is 1.51. The Morgan fingerprint density at radius 1 is 1.35 bits per heavy atom. The molecule has 1 aliphatic carbocycles. The molecule has 2 aliphatic rings. The number of methoxy groups -OCH3 is 1. The second-order valence-corrected chi connectivity index (χ2v) is 13.5. The van der Waals surface area contributed by atoms with E-state index < -0.39 is 5.54 Å². The van der Waals surface area contributed by atoms with Crippen LogP contribution in [0.25, 0.3) is 0 Å². The second kappa shape index (κ2) is 5.84. The summed E-state index contributed by atoms with van der Waals surface area (Å²) in [7, 11) is 1.71. The summed E-state index contributed by atoms with van der Waals surface area (Å²) < 4.78 is 12.7. The zero-order valence-electron chi connectivity index (χ0n) is 11.7. The first kappa shape index (κ1) is 15.2. The van der Waals surface area contributed by atoms with Gasteiger partial charge < -0.3 is 4.74 Å². The Kier molecular flexibility index (Phi) is 4.45. The number of nitrogens with zero attached hydrogens (tertiary/aromatic N) is 2. The summed E-state index contributed by atoms with van der Waals surface area (Å²) in [6.45, 7) is 0. The Labute approximate surface area is 137 Å². The number of hydrogen-bond donors (Lipinski definition) is 0. The Bertz CT molecular complexity index is 613. The van der Waals surface area contributed by atoms with Gasteiger partial charge in [0.1, 0.15) is 5.00 Å². The zero-order valence-corrected chi connectivity index (χ0v) is 15.9. The standard InChI is InChI=1S/C12H17N2OPS4/c1-15-11-10-8-6-4-5-7-9(8)20-12(10)14(18-2)16(17,13-11)19-3/h4-7H2,1-3H3. The third-order valence-electron chi connectivity index (χ3n) is 3.59. The summed E-state index contributed by atoms with van der Waals surface area (Å²) in [5.41, 5.74) is 0.678. The first-order valence-electron chi connectivity index (χ1n) is 6.44. The van der Waals surface area contributed by atoms with Gasteiger partial charge in [-0.3, -0.25) is 4.08 Å². The molecule has 20 heavy (non-hydrogen) atoms. The van der Waals surface area contributed by atoms with Crippen molar-refractivity contribution in [1.29, 1.82) is 0 Å². The minimum absolute atomic E-state index is 0.766. The van der Waals surface area contributed by atoms with Gasteiger partial charge in [-0.05, 0) is 61.3 Å². The van der Waals surface area contributed by atoms with Crippen molar-refractivity contribution in [2.45, 2.75) is 25.7 Å². The van der Waals surface area contributed by atoms with E-state index in [9.17, 15) is 0 Å². The van der Waals surface area contributed by atoms with E-state index in [2.05, 4.69) is 16.6 Å². The van der Waals surface area contributed by atoms with Gasteiger partial charge in [-0.1, -0.05) is 11.4 Å². The summed E-state index contributed by atoms with van der Waals surface area (Å²) >= 11 is 11.1. The molecule has 0 amide bonds. The van der Waals surface area contributed by atoms with E-state index in [1.165, 1.54) is 40.3 Å². The smallest absolute Gasteiger partial charge is 0.225 e. The Morgan fingerprint density at radius 2 is 2.10 bits per heavy atom. The van der Waals surface area contributed by atoms with Crippen LogP contribution in [0.4, 0.5) is 5.00 Å². The van der Waals surface area contributed by atoms with Gasteiger partial charge in [-0.2, -0.15) is 4.76 Å². The first-order chi connectivity index (χ1) is 9.64. The molecule has 3 nitrogen and oxygen atoms in total. The molecule has 0 spiro atoms. The number of ether oxygens (including phenoxy) is 1. The molecule has 8 heteroatoms. The highest BCUT2D eigenvalue weighted by molar-refractivity contribution is 8.72. The summed E-state index contributed by atoms with van der Waals surface area (Å²) in [6, 6.07) is 0. The SMILES string of the molecule is COC1=NP(=S)(SC)N(SC)c2sc3c(c21)CCCC3. The summed E-state index contributed by atoms with van der Waals surface area (Å²) in [5, 5.41) is 1.27. The lowest BCUT2D eigenvalue weighted by Gasteiger charge is -2.33. The average molecular weight is 365 g/mol. The summed E-state index contributed by atoms with van der Waals surface area (Å²) in [6.07, 6.45) is 9.04. The number of thiophene rings is 1. The van der Waals surface area contributed by atoms with Crippen LogP contribution in [0.1, 0.15) is 28.8 Å². The second-order valence-electron chi connectivity index (χ2n) is 4.63. The maximum atomic E-state index is 5.85. The van der Waals surface area contributed by atoms with Crippen LogP contribution in [0, 0.1) is 0 Å². The fourth-order valence-electron chi connectivity index (χ4n) is 2.67. The summed E-state index contributed by atoms with van der Waals surface area (Å²) in [5.74, 6) is 0.766. The zero-order chi connectivity index (χ0) is 14.3. The lowest BCUT2D eigenvalue weighted by molar-refractivity contribution is 0.405. The van der Waals surface area contributed by atoms with Crippen molar-refractivity contribution in [3.8, 4) is 0 Å². The molecule has 1 atom stereocenters. The van der Waals surface area contributed by atoms with Crippen molar-refractivity contribution in [3.05, 3.63) is 16.0 Å². The van der Waals surface area contributed by atoms with Crippen LogP contribution in [-0.4, -0.2) is 25.5 Å². The molecule has 0 N–H and O–H groups in total.